The van der Waals surface area contributed by atoms with Crippen LogP contribution in [0.15, 0.2) is 0 Å². The highest BCUT2D eigenvalue weighted by molar-refractivity contribution is 8.00. The summed E-state index contributed by atoms with van der Waals surface area (Å²) in [6.45, 7) is 2.92. The van der Waals surface area contributed by atoms with E-state index in [4.69, 9.17) is 38.2 Å². The molecular formula is C8H13BO4PS+. The molecule has 2 saturated heterocycles. The summed E-state index contributed by atoms with van der Waals surface area (Å²) in [5.41, 5.74) is -0.488. The highest BCUT2D eigenvalue weighted by atomic mass is 32.4. The van der Waals surface area contributed by atoms with E-state index in [-0.39, 0.29) is 12.0 Å². The van der Waals surface area contributed by atoms with Crippen LogP contribution in [0.25, 0.3) is 0 Å². The first-order valence-corrected chi connectivity index (χ1v) is 6.97. The minimum absolute atomic E-state index is 0.119. The number of hydrogen-bond acceptors (Lipinski definition) is 5. The third-order valence-corrected chi connectivity index (χ3v) is 4.43. The van der Waals surface area contributed by atoms with Crippen molar-refractivity contribution in [1.82, 2.24) is 0 Å². The molecule has 7 heteroatoms. The quantitative estimate of drug-likeness (QED) is 0.504. The van der Waals surface area contributed by atoms with Crippen molar-refractivity contribution in [3.05, 3.63) is 0 Å². The molecule has 0 bridgehead atoms. The SMILES string of the molecule is [B][C@@H]1OC2(CO[P+](=S)OC2)[C@H](C)C1OC. The Morgan fingerprint density at radius 1 is 1.47 bits per heavy atom. The van der Waals surface area contributed by atoms with E-state index in [0.717, 1.165) is 0 Å². The van der Waals surface area contributed by atoms with Crippen LogP contribution in [0.2, 0.25) is 0 Å². The molecule has 0 aromatic carbocycles. The molecule has 2 radical (unpaired) electrons. The average molecular weight is 247 g/mol. The molecule has 2 heterocycles. The third-order valence-electron chi connectivity index (χ3n) is 3.12. The van der Waals surface area contributed by atoms with Crippen molar-refractivity contribution in [2.75, 3.05) is 20.3 Å². The lowest BCUT2D eigenvalue weighted by molar-refractivity contribution is -0.104. The second kappa shape index (κ2) is 4.36. The molecule has 2 fully saturated rings. The Hall–Kier alpha value is 0.425. The molecule has 1 spiro atoms. The van der Waals surface area contributed by atoms with Crippen molar-refractivity contribution in [2.45, 2.75) is 24.6 Å². The zero-order chi connectivity index (χ0) is 11.1. The van der Waals surface area contributed by atoms with Crippen LogP contribution in [0, 0.1) is 5.92 Å². The van der Waals surface area contributed by atoms with E-state index in [0.29, 0.717) is 13.2 Å². The largest absolute Gasteiger partial charge is 0.521 e. The van der Waals surface area contributed by atoms with Gasteiger partial charge < -0.3 is 9.47 Å². The predicted octanol–water partition coefficient (Wildman–Crippen LogP) is 0.722. The predicted molar refractivity (Wildman–Crippen MR) is 59.5 cm³/mol. The zero-order valence-electron chi connectivity index (χ0n) is 8.71. The summed E-state index contributed by atoms with van der Waals surface area (Å²) in [6, 6.07) is -0.424. The summed E-state index contributed by atoms with van der Waals surface area (Å²) in [6.07, 6.45) is -0.119. The third kappa shape index (κ3) is 1.99. The van der Waals surface area contributed by atoms with Crippen molar-refractivity contribution in [3.8, 4) is 0 Å². The molecule has 3 atom stereocenters. The molecule has 0 aromatic rings. The van der Waals surface area contributed by atoms with Crippen LogP contribution in [-0.2, 0) is 30.3 Å². The normalized spacial score (nSPS) is 48.7. The van der Waals surface area contributed by atoms with E-state index in [1.807, 2.05) is 6.92 Å². The van der Waals surface area contributed by atoms with Crippen LogP contribution in [0.4, 0.5) is 0 Å². The molecule has 2 rings (SSSR count). The van der Waals surface area contributed by atoms with Crippen molar-refractivity contribution in [2.24, 2.45) is 5.92 Å². The Labute approximate surface area is 96.6 Å². The van der Waals surface area contributed by atoms with Gasteiger partial charge in [0.15, 0.2) is 0 Å². The Bertz CT molecular complexity index is 267. The van der Waals surface area contributed by atoms with Gasteiger partial charge in [-0.15, -0.1) is 9.05 Å². The Kier molecular flexibility index (Phi) is 3.46. The second-order valence-corrected chi connectivity index (χ2v) is 5.76. The maximum Gasteiger partial charge on any atom is 0.521 e. The highest BCUT2D eigenvalue weighted by Crippen LogP contribution is 2.44. The highest BCUT2D eigenvalue weighted by Gasteiger charge is 2.56. The lowest BCUT2D eigenvalue weighted by Crippen LogP contribution is -2.47. The van der Waals surface area contributed by atoms with Crippen LogP contribution < -0.4 is 0 Å². The number of methoxy groups -OCH3 is 1. The molecule has 2 aliphatic heterocycles. The first-order chi connectivity index (χ1) is 7.09. The Balaban J connectivity index is 2.13. The van der Waals surface area contributed by atoms with E-state index in [1.165, 1.54) is 0 Å². The lowest BCUT2D eigenvalue weighted by Gasteiger charge is -2.31. The molecule has 82 valence electrons. The van der Waals surface area contributed by atoms with E-state index in [2.05, 4.69) is 0 Å². The standard InChI is InChI=1S/C8H13BO4PS/c1-5-6(10-2)7(9)13-8(5)3-11-14(15)12-4-8/h5-7H,3-4H2,1-2H3/q+1/t5-,6?,7-/m1/s1. The van der Waals surface area contributed by atoms with Crippen molar-refractivity contribution < 1.29 is 18.5 Å². The monoisotopic (exact) mass is 247 g/mol. The van der Waals surface area contributed by atoms with Crippen LogP contribution >= 0.6 is 7.15 Å². The topological polar surface area (TPSA) is 36.9 Å². The van der Waals surface area contributed by atoms with Gasteiger partial charge in [-0.05, 0) is 0 Å². The molecule has 4 nitrogen and oxygen atoms in total. The van der Waals surface area contributed by atoms with Crippen molar-refractivity contribution in [1.29, 1.82) is 0 Å². The average Bonchev–Trinajstić information content (AvgIpc) is 2.44. The van der Waals surface area contributed by atoms with Crippen LogP contribution in [0.3, 0.4) is 0 Å². The second-order valence-electron chi connectivity index (χ2n) is 3.91. The molecule has 0 N–H and O–H groups in total. The maximum atomic E-state index is 5.84. The fourth-order valence-electron chi connectivity index (χ4n) is 2.10. The van der Waals surface area contributed by atoms with E-state index >= 15 is 0 Å². The van der Waals surface area contributed by atoms with Gasteiger partial charge in [0.05, 0.1) is 6.10 Å². The number of hydrogen-bond donors (Lipinski definition) is 0. The summed E-state index contributed by atoms with van der Waals surface area (Å²) in [4.78, 5) is 0. The van der Waals surface area contributed by atoms with E-state index < -0.39 is 18.8 Å². The van der Waals surface area contributed by atoms with Crippen molar-refractivity contribution in [3.63, 3.8) is 0 Å². The molecule has 0 aliphatic carbocycles. The summed E-state index contributed by atoms with van der Waals surface area (Å²) in [5.74, 6) is 0.135. The fraction of sp³-hybridized carbons (Fsp3) is 1.00. The van der Waals surface area contributed by atoms with Gasteiger partial charge in [-0.1, -0.05) is 6.92 Å². The number of rotatable bonds is 1. The van der Waals surface area contributed by atoms with Crippen LogP contribution in [-0.4, -0.2) is 45.9 Å². The van der Waals surface area contributed by atoms with Crippen molar-refractivity contribution >= 4 is 26.8 Å². The lowest BCUT2D eigenvalue weighted by atomic mass is 9.83. The van der Waals surface area contributed by atoms with Crippen LogP contribution in [0.1, 0.15) is 6.92 Å². The Morgan fingerprint density at radius 2 is 2.07 bits per heavy atom. The van der Waals surface area contributed by atoms with Gasteiger partial charge in [0.1, 0.15) is 26.7 Å². The van der Waals surface area contributed by atoms with Gasteiger partial charge >= 0.3 is 7.15 Å². The zero-order valence-corrected chi connectivity index (χ0v) is 10.4. The minimum atomic E-state index is -1.16. The smallest absolute Gasteiger partial charge is 0.379 e. The van der Waals surface area contributed by atoms with E-state index in [1.54, 1.807) is 7.11 Å². The first kappa shape index (κ1) is 11.9. The summed E-state index contributed by atoms with van der Waals surface area (Å²) in [7, 11) is 6.31. The molecule has 0 aromatic heterocycles. The maximum absolute atomic E-state index is 5.84. The molecular weight excluding hydrogens is 234 g/mol. The fourth-order valence-corrected chi connectivity index (χ4v) is 3.14. The molecule has 0 amide bonds. The number of ether oxygens (including phenoxy) is 2. The van der Waals surface area contributed by atoms with Gasteiger partial charge in [-0.25, -0.2) is 0 Å². The summed E-state index contributed by atoms with van der Waals surface area (Å²) >= 11 is 4.94. The first-order valence-electron chi connectivity index (χ1n) is 4.78. The molecule has 15 heavy (non-hydrogen) atoms. The van der Waals surface area contributed by atoms with Gasteiger partial charge in [-0.2, -0.15) is 0 Å². The molecule has 2 aliphatic rings. The minimum Gasteiger partial charge on any atom is -0.379 e. The molecule has 1 unspecified atom stereocenters. The van der Waals surface area contributed by atoms with Gasteiger partial charge in [-0.3, -0.25) is 0 Å². The van der Waals surface area contributed by atoms with Crippen LogP contribution in [0.5, 0.6) is 0 Å². The Morgan fingerprint density at radius 3 is 2.53 bits per heavy atom. The van der Waals surface area contributed by atoms with Gasteiger partial charge in [0.25, 0.3) is 0 Å². The van der Waals surface area contributed by atoms with Gasteiger partial charge in [0, 0.05) is 19.0 Å². The van der Waals surface area contributed by atoms with Gasteiger partial charge in [0.2, 0.25) is 11.8 Å². The summed E-state index contributed by atoms with van der Waals surface area (Å²) < 4.78 is 21.7. The molecule has 0 saturated carbocycles. The van der Waals surface area contributed by atoms with E-state index in [9.17, 15) is 0 Å². The summed E-state index contributed by atoms with van der Waals surface area (Å²) in [5, 5.41) is 0.